The molecule has 4 nitrogen and oxygen atoms in total. The van der Waals surface area contributed by atoms with Gasteiger partial charge in [0.2, 0.25) is 5.71 Å². The molecule has 3 aromatic heterocycles. The van der Waals surface area contributed by atoms with Crippen LogP contribution in [0.25, 0.3) is 82.9 Å². The van der Waals surface area contributed by atoms with Gasteiger partial charge in [0.15, 0.2) is 5.58 Å². The van der Waals surface area contributed by atoms with Gasteiger partial charge >= 0.3 is 0 Å². The standard InChI is InChI=1S/C50H32N2O2/c1-3-13-33(14-4-1)34-25-27-36(28-26-34)51(45-23-12-21-41-40-20-11-19-39(48(40)54-49(41)45)35-15-5-2-6-16-35)37-29-31-38(32-30-37)52-44-22-9-7-17-42(44)47-43-18-8-10-24-46(43)53-50(47)52/h1-32H. The zero-order valence-corrected chi connectivity index (χ0v) is 29.2. The van der Waals surface area contributed by atoms with Gasteiger partial charge in [-0.15, -0.1) is 0 Å². The summed E-state index contributed by atoms with van der Waals surface area (Å²) in [5.74, 6) is 0. The fraction of sp³-hybridized carbons (Fsp3) is 0. The zero-order chi connectivity index (χ0) is 35.6. The first-order chi connectivity index (χ1) is 26.8. The van der Waals surface area contributed by atoms with Crippen LogP contribution in [0.3, 0.4) is 0 Å². The van der Waals surface area contributed by atoms with Crippen LogP contribution in [0.2, 0.25) is 0 Å². The Morgan fingerprint density at radius 1 is 0.389 bits per heavy atom. The molecule has 0 aliphatic heterocycles. The van der Waals surface area contributed by atoms with Crippen LogP contribution in [0.5, 0.6) is 0 Å². The van der Waals surface area contributed by atoms with Crippen LogP contribution in [0.1, 0.15) is 0 Å². The van der Waals surface area contributed by atoms with E-state index in [-0.39, 0.29) is 0 Å². The second kappa shape index (κ2) is 12.1. The molecular formula is C50H32N2O2. The van der Waals surface area contributed by atoms with E-state index in [0.717, 1.165) is 83.4 Å². The van der Waals surface area contributed by atoms with Crippen molar-refractivity contribution in [2.75, 3.05) is 4.90 Å². The van der Waals surface area contributed by atoms with Gasteiger partial charge in [-0.3, -0.25) is 4.57 Å². The van der Waals surface area contributed by atoms with Crippen LogP contribution >= 0.6 is 0 Å². The number of aromatic nitrogens is 1. The van der Waals surface area contributed by atoms with Crippen molar-refractivity contribution in [3.63, 3.8) is 0 Å². The van der Waals surface area contributed by atoms with Gasteiger partial charge in [0.05, 0.1) is 16.6 Å². The lowest BCUT2D eigenvalue weighted by Gasteiger charge is -2.26. The van der Waals surface area contributed by atoms with Crippen molar-refractivity contribution in [3.8, 4) is 27.9 Å². The second-order valence-electron chi connectivity index (χ2n) is 13.7. The van der Waals surface area contributed by atoms with Crippen molar-refractivity contribution in [1.82, 2.24) is 4.57 Å². The van der Waals surface area contributed by atoms with Crippen LogP contribution in [0.4, 0.5) is 17.1 Å². The molecule has 0 aliphatic rings. The monoisotopic (exact) mass is 692 g/mol. The number of fused-ring (bicyclic) bond motifs is 8. The summed E-state index contributed by atoms with van der Waals surface area (Å²) in [7, 11) is 0. The van der Waals surface area contributed by atoms with Gasteiger partial charge in [-0.2, -0.15) is 0 Å². The number of benzene rings is 8. The van der Waals surface area contributed by atoms with Gasteiger partial charge < -0.3 is 13.7 Å². The number of hydrogen-bond acceptors (Lipinski definition) is 3. The van der Waals surface area contributed by atoms with Crippen molar-refractivity contribution < 1.29 is 8.83 Å². The van der Waals surface area contributed by atoms with Crippen molar-refractivity contribution in [2.45, 2.75) is 0 Å². The van der Waals surface area contributed by atoms with Crippen LogP contribution in [-0.2, 0) is 0 Å². The van der Waals surface area contributed by atoms with E-state index in [0.29, 0.717) is 0 Å². The predicted molar refractivity (Wildman–Crippen MR) is 223 cm³/mol. The number of rotatable bonds is 6. The Labute approximate surface area is 311 Å². The fourth-order valence-electron chi connectivity index (χ4n) is 8.13. The van der Waals surface area contributed by atoms with Crippen molar-refractivity contribution in [2.24, 2.45) is 0 Å². The van der Waals surface area contributed by atoms with Gasteiger partial charge in [-0.05, 0) is 71.3 Å². The summed E-state index contributed by atoms with van der Waals surface area (Å²) in [6, 6.07) is 68.2. The minimum absolute atomic E-state index is 0.840. The summed E-state index contributed by atoms with van der Waals surface area (Å²) in [4.78, 5) is 2.30. The Morgan fingerprint density at radius 3 is 1.72 bits per heavy atom. The second-order valence-corrected chi connectivity index (χ2v) is 13.7. The van der Waals surface area contributed by atoms with E-state index in [4.69, 9.17) is 8.83 Å². The van der Waals surface area contributed by atoms with Gasteiger partial charge in [0.1, 0.15) is 11.2 Å². The topological polar surface area (TPSA) is 34.5 Å². The highest BCUT2D eigenvalue weighted by atomic mass is 16.3. The number of para-hydroxylation sites is 4. The summed E-state index contributed by atoms with van der Waals surface area (Å²) in [5.41, 5.74) is 13.2. The molecule has 4 heteroatoms. The highest BCUT2D eigenvalue weighted by Gasteiger charge is 2.22. The van der Waals surface area contributed by atoms with E-state index in [1.807, 2.05) is 18.2 Å². The third-order valence-electron chi connectivity index (χ3n) is 10.6. The number of nitrogens with zero attached hydrogens (tertiary/aromatic N) is 2. The van der Waals surface area contributed by atoms with Crippen molar-refractivity contribution in [1.29, 1.82) is 0 Å². The molecule has 0 unspecified atom stereocenters. The molecule has 0 fully saturated rings. The molecule has 8 aromatic carbocycles. The number of anilines is 3. The first-order valence-corrected chi connectivity index (χ1v) is 18.3. The Hall–Kier alpha value is -7.30. The lowest BCUT2D eigenvalue weighted by atomic mass is 10.0. The van der Waals surface area contributed by atoms with Gasteiger partial charge in [-0.1, -0.05) is 140 Å². The molecule has 11 rings (SSSR count). The normalized spacial score (nSPS) is 11.7. The highest BCUT2D eigenvalue weighted by Crippen LogP contribution is 2.45. The minimum atomic E-state index is 0.840. The molecule has 0 amide bonds. The molecule has 254 valence electrons. The maximum Gasteiger partial charge on any atom is 0.213 e. The summed E-state index contributed by atoms with van der Waals surface area (Å²) in [5, 5.41) is 5.61. The molecule has 0 spiro atoms. The summed E-state index contributed by atoms with van der Waals surface area (Å²) in [6.45, 7) is 0. The lowest BCUT2D eigenvalue weighted by molar-refractivity contribution is 0.645. The molecule has 0 atom stereocenters. The van der Waals surface area contributed by atoms with E-state index < -0.39 is 0 Å². The zero-order valence-electron chi connectivity index (χ0n) is 29.2. The number of furan rings is 2. The van der Waals surface area contributed by atoms with Gasteiger partial charge in [-0.25, -0.2) is 0 Å². The third-order valence-corrected chi connectivity index (χ3v) is 10.6. The molecule has 3 heterocycles. The van der Waals surface area contributed by atoms with Crippen molar-refractivity contribution >= 4 is 72.0 Å². The first-order valence-electron chi connectivity index (χ1n) is 18.3. The summed E-state index contributed by atoms with van der Waals surface area (Å²) in [6.07, 6.45) is 0. The fourth-order valence-corrected chi connectivity index (χ4v) is 8.13. The average molecular weight is 693 g/mol. The van der Waals surface area contributed by atoms with E-state index in [2.05, 4.69) is 185 Å². The van der Waals surface area contributed by atoms with E-state index in [1.54, 1.807) is 0 Å². The predicted octanol–water partition coefficient (Wildman–Crippen LogP) is 14.2. The summed E-state index contributed by atoms with van der Waals surface area (Å²) >= 11 is 0. The van der Waals surface area contributed by atoms with Crippen LogP contribution in [0.15, 0.2) is 203 Å². The van der Waals surface area contributed by atoms with Crippen LogP contribution in [0, 0.1) is 0 Å². The molecule has 11 aromatic rings. The van der Waals surface area contributed by atoms with Crippen molar-refractivity contribution in [3.05, 3.63) is 194 Å². The molecule has 0 saturated carbocycles. The van der Waals surface area contributed by atoms with Gasteiger partial charge in [0, 0.05) is 44.2 Å². The Kier molecular flexibility index (Phi) is 6.82. The molecule has 0 N–H and O–H groups in total. The summed E-state index contributed by atoms with van der Waals surface area (Å²) < 4.78 is 15.7. The first kappa shape index (κ1) is 30.3. The van der Waals surface area contributed by atoms with E-state index in [9.17, 15) is 0 Å². The maximum absolute atomic E-state index is 6.94. The maximum atomic E-state index is 6.94. The number of hydrogen-bond donors (Lipinski definition) is 0. The van der Waals surface area contributed by atoms with Crippen LogP contribution in [-0.4, -0.2) is 4.57 Å². The third kappa shape index (κ3) is 4.70. The smallest absolute Gasteiger partial charge is 0.213 e. The quantitative estimate of drug-likeness (QED) is 0.174. The van der Waals surface area contributed by atoms with Gasteiger partial charge in [0.25, 0.3) is 0 Å². The average Bonchev–Trinajstić information content (AvgIpc) is 3.92. The lowest BCUT2D eigenvalue weighted by Crippen LogP contribution is -2.10. The SMILES string of the molecule is c1ccc(-c2ccc(N(c3ccc(-n4c5ccccc5c5c6ccccc6oc54)cc3)c3cccc4c3oc3c(-c5ccccc5)cccc34)cc2)cc1. The molecule has 54 heavy (non-hydrogen) atoms. The molecular weight excluding hydrogens is 661 g/mol. The van der Waals surface area contributed by atoms with E-state index >= 15 is 0 Å². The molecule has 0 saturated heterocycles. The molecule has 0 bridgehead atoms. The highest BCUT2D eigenvalue weighted by molar-refractivity contribution is 6.20. The van der Waals surface area contributed by atoms with Crippen LogP contribution < -0.4 is 4.90 Å². The Balaban J connectivity index is 1.10. The Morgan fingerprint density at radius 2 is 0.963 bits per heavy atom. The van der Waals surface area contributed by atoms with E-state index in [1.165, 1.54) is 16.5 Å². The largest absolute Gasteiger partial charge is 0.453 e. The minimum Gasteiger partial charge on any atom is -0.453 e. The Bertz CT molecular complexity index is 3130. The molecule has 0 radical (unpaired) electrons. The molecule has 0 aliphatic carbocycles.